The van der Waals surface area contributed by atoms with Crippen molar-refractivity contribution in [3.63, 3.8) is 0 Å². The minimum atomic E-state index is 0.961. The second-order valence-electron chi connectivity index (χ2n) is 4.30. The summed E-state index contributed by atoms with van der Waals surface area (Å²) in [6.45, 7) is 2.20. The van der Waals surface area contributed by atoms with Gasteiger partial charge < -0.3 is 0 Å². The molecule has 1 aromatic carbocycles. The van der Waals surface area contributed by atoms with Crippen molar-refractivity contribution < 1.29 is 0 Å². The Kier molecular flexibility index (Phi) is 2.48. The molecule has 2 nitrogen and oxygen atoms in total. The molecular weight excluding hydrogens is 208 g/mol. The predicted octanol–water partition coefficient (Wildman–Crippen LogP) is 3.74. The molecule has 0 bridgehead atoms. The smallest absolute Gasteiger partial charge is 0.0891 e. The van der Waals surface area contributed by atoms with E-state index < -0.39 is 0 Å². The van der Waals surface area contributed by atoms with E-state index in [0.29, 0.717) is 0 Å². The Hall–Kier alpha value is -1.96. The van der Waals surface area contributed by atoms with Crippen LogP contribution in [0.3, 0.4) is 0 Å². The average Bonchev–Trinajstić information content (AvgIpc) is 2.39. The molecule has 0 unspecified atom stereocenters. The molecule has 2 heterocycles. The molecule has 0 aliphatic rings. The average molecular weight is 222 g/mol. The number of benzene rings is 1. The first-order valence-electron chi connectivity index (χ1n) is 6.01. The maximum atomic E-state index is 4.49. The van der Waals surface area contributed by atoms with Crippen LogP contribution in [-0.2, 0) is 6.42 Å². The summed E-state index contributed by atoms with van der Waals surface area (Å²) >= 11 is 0. The zero-order valence-corrected chi connectivity index (χ0v) is 9.85. The summed E-state index contributed by atoms with van der Waals surface area (Å²) in [5, 5.41) is 2.37. The van der Waals surface area contributed by atoms with Crippen molar-refractivity contribution in [1.29, 1.82) is 0 Å². The summed E-state index contributed by atoms with van der Waals surface area (Å²) in [6.07, 6.45) is 5.94. The van der Waals surface area contributed by atoms with Crippen LogP contribution in [0.1, 0.15) is 18.9 Å². The van der Waals surface area contributed by atoms with E-state index in [2.05, 4.69) is 41.2 Å². The predicted molar refractivity (Wildman–Crippen MR) is 71.0 cm³/mol. The van der Waals surface area contributed by atoms with Crippen LogP contribution in [0.2, 0.25) is 0 Å². The number of aryl methyl sites for hydroxylation is 1. The molecule has 0 amide bonds. The molecule has 2 heteroatoms. The van der Waals surface area contributed by atoms with Gasteiger partial charge in [0, 0.05) is 17.0 Å². The minimum absolute atomic E-state index is 0.961. The van der Waals surface area contributed by atoms with Crippen LogP contribution >= 0.6 is 0 Å². The van der Waals surface area contributed by atoms with Crippen LogP contribution in [0.4, 0.5) is 0 Å². The van der Waals surface area contributed by atoms with E-state index in [9.17, 15) is 0 Å². The maximum absolute atomic E-state index is 4.49. The van der Waals surface area contributed by atoms with Crippen LogP contribution in [-0.4, -0.2) is 9.97 Å². The van der Waals surface area contributed by atoms with Gasteiger partial charge in [0.05, 0.1) is 17.2 Å². The maximum Gasteiger partial charge on any atom is 0.0891 e. The molecule has 0 saturated carbocycles. The van der Waals surface area contributed by atoms with E-state index in [1.807, 2.05) is 12.3 Å². The quantitative estimate of drug-likeness (QED) is 0.617. The van der Waals surface area contributed by atoms with Gasteiger partial charge in [-0.3, -0.25) is 9.97 Å². The van der Waals surface area contributed by atoms with Crippen molar-refractivity contribution in [2.24, 2.45) is 0 Å². The lowest BCUT2D eigenvalue weighted by Crippen LogP contribution is -1.87. The third-order valence-electron chi connectivity index (χ3n) is 3.06. The Morgan fingerprint density at radius 1 is 1.00 bits per heavy atom. The van der Waals surface area contributed by atoms with Gasteiger partial charge in [-0.1, -0.05) is 31.5 Å². The highest BCUT2D eigenvalue weighted by atomic mass is 14.7. The van der Waals surface area contributed by atoms with Gasteiger partial charge in [0.15, 0.2) is 0 Å². The number of rotatable bonds is 2. The lowest BCUT2D eigenvalue weighted by atomic mass is 10.0. The van der Waals surface area contributed by atoms with E-state index in [0.717, 1.165) is 17.5 Å². The fraction of sp³-hybridized carbons (Fsp3) is 0.200. The number of nitrogens with zero attached hydrogens (tertiary/aromatic N) is 2. The Balaban J connectivity index is 2.29. The van der Waals surface area contributed by atoms with Crippen LogP contribution in [0.25, 0.3) is 21.8 Å². The van der Waals surface area contributed by atoms with Crippen molar-refractivity contribution in [2.45, 2.75) is 19.8 Å². The number of pyridine rings is 2. The normalized spacial score (nSPS) is 11.1. The van der Waals surface area contributed by atoms with Gasteiger partial charge in [-0.05, 0) is 24.1 Å². The highest BCUT2D eigenvalue weighted by Gasteiger charge is 2.02. The third kappa shape index (κ3) is 1.76. The molecule has 0 fully saturated rings. The summed E-state index contributed by atoms with van der Waals surface area (Å²) < 4.78 is 0. The summed E-state index contributed by atoms with van der Waals surface area (Å²) in [5.41, 5.74) is 3.38. The Morgan fingerprint density at radius 3 is 2.76 bits per heavy atom. The number of hydrogen-bond donors (Lipinski definition) is 0. The van der Waals surface area contributed by atoms with Gasteiger partial charge in [0.2, 0.25) is 0 Å². The Bertz CT molecular complexity index is 674. The molecule has 3 aromatic rings. The van der Waals surface area contributed by atoms with Gasteiger partial charge >= 0.3 is 0 Å². The van der Waals surface area contributed by atoms with Crippen molar-refractivity contribution in [1.82, 2.24) is 9.97 Å². The van der Waals surface area contributed by atoms with Crippen LogP contribution in [0.15, 0.2) is 42.7 Å². The molecule has 0 aliphatic heterocycles. The van der Waals surface area contributed by atoms with Gasteiger partial charge in [0.25, 0.3) is 0 Å². The number of aromatic nitrogens is 2. The number of hydrogen-bond acceptors (Lipinski definition) is 2. The second-order valence-corrected chi connectivity index (χ2v) is 4.30. The molecule has 0 saturated heterocycles. The van der Waals surface area contributed by atoms with Crippen molar-refractivity contribution in [2.75, 3.05) is 0 Å². The van der Waals surface area contributed by atoms with Gasteiger partial charge in [-0.25, -0.2) is 0 Å². The topological polar surface area (TPSA) is 25.8 Å². The molecule has 84 valence electrons. The largest absolute Gasteiger partial charge is 0.255 e. The van der Waals surface area contributed by atoms with E-state index >= 15 is 0 Å². The molecule has 0 aliphatic carbocycles. The SMILES string of the molecule is CCCc1ccc2c(c1)ncc1ncccc12. The van der Waals surface area contributed by atoms with Gasteiger partial charge in [-0.2, -0.15) is 0 Å². The zero-order chi connectivity index (χ0) is 11.7. The fourth-order valence-corrected chi connectivity index (χ4v) is 2.23. The number of fused-ring (bicyclic) bond motifs is 3. The standard InChI is InChI=1S/C15H14N2/c1-2-4-11-6-7-13-12-5-3-8-16-15(12)10-17-14(13)9-11/h3,5-10H,2,4H2,1H3. The van der Waals surface area contributed by atoms with Gasteiger partial charge in [-0.15, -0.1) is 0 Å². The monoisotopic (exact) mass is 222 g/mol. The van der Waals surface area contributed by atoms with Crippen LogP contribution < -0.4 is 0 Å². The van der Waals surface area contributed by atoms with Gasteiger partial charge in [0.1, 0.15) is 0 Å². The third-order valence-corrected chi connectivity index (χ3v) is 3.06. The van der Waals surface area contributed by atoms with Crippen molar-refractivity contribution in [3.8, 4) is 0 Å². The molecular formula is C15H14N2. The molecule has 2 aromatic heterocycles. The molecule has 17 heavy (non-hydrogen) atoms. The van der Waals surface area contributed by atoms with E-state index in [1.54, 1.807) is 6.20 Å². The zero-order valence-electron chi connectivity index (χ0n) is 9.85. The first-order valence-corrected chi connectivity index (χ1v) is 6.01. The highest BCUT2D eigenvalue weighted by Crippen LogP contribution is 2.23. The molecule has 0 atom stereocenters. The first kappa shape index (κ1) is 10.2. The summed E-state index contributed by atoms with van der Waals surface area (Å²) in [7, 11) is 0. The summed E-state index contributed by atoms with van der Waals surface area (Å²) in [6, 6.07) is 10.6. The Labute approximate surface area is 100 Å². The van der Waals surface area contributed by atoms with Crippen LogP contribution in [0.5, 0.6) is 0 Å². The van der Waals surface area contributed by atoms with E-state index in [1.165, 1.54) is 22.8 Å². The molecule has 0 N–H and O–H groups in total. The summed E-state index contributed by atoms with van der Waals surface area (Å²) in [4.78, 5) is 8.82. The molecule has 0 spiro atoms. The second kappa shape index (κ2) is 4.13. The molecule has 0 radical (unpaired) electrons. The fourth-order valence-electron chi connectivity index (χ4n) is 2.23. The molecule has 3 rings (SSSR count). The van der Waals surface area contributed by atoms with Crippen LogP contribution in [0, 0.1) is 0 Å². The van der Waals surface area contributed by atoms with Crippen molar-refractivity contribution >= 4 is 21.8 Å². The first-order chi connectivity index (χ1) is 8.38. The Morgan fingerprint density at radius 2 is 1.88 bits per heavy atom. The lowest BCUT2D eigenvalue weighted by Gasteiger charge is -2.04. The van der Waals surface area contributed by atoms with E-state index in [4.69, 9.17) is 0 Å². The van der Waals surface area contributed by atoms with E-state index in [-0.39, 0.29) is 0 Å². The van der Waals surface area contributed by atoms with Crippen molar-refractivity contribution in [3.05, 3.63) is 48.3 Å². The minimum Gasteiger partial charge on any atom is -0.255 e. The highest BCUT2D eigenvalue weighted by molar-refractivity contribution is 6.03. The lowest BCUT2D eigenvalue weighted by molar-refractivity contribution is 0.923. The summed E-state index contributed by atoms with van der Waals surface area (Å²) in [5.74, 6) is 0.